The van der Waals surface area contributed by atoms with Crippen LogP contribution in [0.2, 0.25) is 0 Å². The van der Waals surface area contributed by atoms with Crippen LogP contribution in [0.25, 0.3) is 6.08 Å². The topological polar surface area (TPSA) is 343 Å². The van der Waals surface area contributed by atoms with E-state index in [2.05, 4.69) is 39.4 Å². The summed E-state index contributed by atoms with van der Waals surface area (Å²) >= 11 is 1.85. The van der Waals surface area contributed by atoms with Gasteiger partial charge in [0.1, 0.15) is 12.3 Å². The zero-order valence-corrected chi connectivity index (χ0v) is 32.7. The molecule has 3 aliphatic heterocycles. The van der Waals surface area contributed by atoms with Crippen LogP contribution >= 0.6 is 35.2 Å². The Labute approximate surface area is 319 Å². The summed E-state index contributed by atoms with van der Waals surface area (Å²) in [6.07, 6.45) is 4.94. The number of amides is 4. The van der Waals surface area contributed by atoms with E-state index >= 15 is 0 Å². The Morgan fingerprint density at radius 3 is 2.42 bits per heavy atom. The number of nitrogens with one attached hydrogen (secondary N) is 5. The predicted molar refractivity (Wildman–Crippen MR) is 195 cm³/mol. The molecule has 10 N–H and O–H groups in total. The minimum atomic E-state index is -5.76. The van der Waals surface area contributed by atoms with E-state index in [1.54, 1.807) is 0 Å². The number of nitrogens with zero attached hydrogens (tertiary/aromatic N) is 1. The molecule has 1 aromatic heterocycles. The highest BCUT2D eigenvalue weighted by molar-refractivity contribution is 8.00. The molecule has 23 nitrogen and oxygen atoms in total. The van der Waals surface area contributed by atoms with Crippen molar-refractivity contribution >= 4 is 59.2 Å². The van der Waals surface area contributed by atoms with Gasteiger partial charge in [-0.3, -0.25) is 28.5 Å². The number of ether oxygens (including phenoxy) is 1. The van der Waals surface area contributed by atoms with Crippen LogP contribution in [-0.4, -0.2) is 107 Å². The number of aliphatic hydroxyl groups excluding tert-OH is 1. The van der Waals surface area contributed by atoms with Crippen LogP contribution in [0.15, 0.2) is 21.9 Å². The van der Waals surface area contributed by atoms with Crippen LogP contribution in [-0.2, 0) is 41.2 Å². The van der Waals surface area contributed by atoms with E-state index < -0.39 is 59.8 Å². The summed E-state index contributed by atoms with van der Waals surface area (Å²) in [5.41, 5.74) is -1.71. The molecule has 4 rings (SSSR count). The molecule has 0 bridgehead atoms. The predicted octanol–water partition coefficient (Wildman–Crippen LogP) is 0.306. The van der Waals surface area contributed by atoms with Crippen molar-refractivity contribution in [3.8, 4) is 0 Å². The molecule has 3 unspecified atom stereocenters. The van der Waals surface area contributed by atoms with E-state index in [0.717, 1.165) is 42.2 Å². The normalized spacial score (nSPS) is 25.9. The molecule has 8 atom stereocenters. The van der Waals surface area contributed by atoms with Gasteiger partial charge in [-0.1, -0.05) is 25.0 Å². The van der Waals surface area contributed by atoms with Crippen LogP contribution in [0, 0.1) is 0 Å². The highest BCUT2D eigenvalue weighted by Crippen LogP contribution is 2.66. The van der Waals surface area contributed by atoms with Crippen molar-refractivity contribution in [2.24, 2.45) is 0 Å². The number of hydrogen-bond donors (Lipinski definition) is 10. The summed E-state index contributed by atoms with van der Waals surface area (Å²) in [5.74, 6) is 0.653. The van der Waals surface area contributed by atoms with Crippen molar-refractivity contribution in [2.45, 2.75) is 93.6 Å². The van der Waals surface area contributed by atoms with Crippen LogP contribution in [0.3, 0.4) is 0 Å². The Balaban J connectivity index is 0.00000841. The maximum atomic E-state index is 12.5. The average Bonchev–Trinajstić information content (AvgIpc) is 3.74. The average molecular weight is 865 g/mol. The molecule has 0 radical (unpaired) electrons. The fourth-order valence-electron chi connectivity index (χ4n) is 5.97. The van der Waals surface area contributed by atoms with Gasteiger partial charge in [0.2, 0.25) is 11.8 Å². The Bertz CT molecular complexity index is 1830. The van der Waals surface area contributed by atoms with Gasteiger partial charge in [-0.05, 0) is 25.7 Å². The molecular weight excluding hydrogens is 817 g/mol. The number of H-pyrrole nitrogens is 1. The van der Waals surface area contributed by atoms with Gasteiger partial charge in [0.05, 0.1) is 30.4 Å². The molecule has 3 saturated heterocycles. The van der Waals surface area contributed by atoms with E-state index in [1.807, 2.05) is 11.8 Å². The second-order valence-corrected chi connectivity index (χ2v) is 18.5. The number of urea groups is 1. The standard InChI is InChI=1S/C28H45N6O17P3S.H2/c35-19-13-24(49-20(19)15-48-53(44,45)51-54(46,47)50-52(41,42)43)34-14-17(26(38)33-28(34)40)7-6-12-30-22(36)9-2-1-5-11-29-23(37)10-4-3-8-21-25-18(16-55-21)31-27(39)32-25;/h6-7,14,18-21,24-25,35H,1-5,8-13,15-16H2,(H,29,37)(H,30,36)(H,44,45)(H,46,47)(H2,31,32,39)(H,33,38,40)(H2,41,42,43);1H/b7-6+;/t18-,19-,20+,21-,24+,25?;/m0./s1. The number of fused-ring (bicyclic) bond motifs is 1. The SMILES string of the molecule is O=C(CCCCCNC(=O)CCCC[C@@H]1SC[C@@H]2NC(=O)NC21)NC/C=C/c1cn([C@H]2C[C@H](O)[C@@H](COP(=O)(O)OP(=O)(O)OP(=O)(O)O)O2)c(=O)[nH]c1=O.[HH]. The second-order valence-electron chi connectivity index (χ2n) is 12.8. The molecule has 1 aromatic rings. The second kappa shape index (κ2) is 20.1. The number of carbonyl (C=O) groups is 3. The molecule has 4 amide bonds. The number of phosphoric acid groups is 3. The molecule has 0 aliphatic carbocycles. The number of rotatable bonds is 22. The fraction of sp³-hybridized carbons (Fsp3) is 0.679. The van der Waals surface area contributed by atoms with E-state index in [0.29, 0.717) is 31.1 Å². The highest BCUT2D eigenvalue weighted by Gasteiger charge is 2.44. The van der Waals surface area contributed by atoms with Gasteiger partial charge in [-0.15, -0.1) is 0 Å². The number of phosphoric ester groups is 1. The molecule has 27 heteroatoms. The molecule has 3 aliphatic rings. The van der Waals surface area contributed by atoms with Gasteiger partial charge in [-0.25, -0.2) is 23.3 Å². The molecule has 3 fully saturated rings. The summed E-state index contributed by atoms with van der Waals surface area (Å²) in [6.45, 7) is -0.388. The van der Waals surface area contributed by atoms with Gasteiger partial charge in [0, 0.05) is 51.0 Å². The first-order valence-electron chi connectivity index (χ1n) is 17.2. The fourth-order valence-corrected chi connectivity index (χ4v) is 10.5. The number of unbranched alkanes of at least 4 members (excludes halogenated alkanes) is 3. The number of aromatic nitrogens is 2. The number of thioether (sulfide) groups is 1. The maximum absolute atomic E-state index is 12.5. The largest absolute Gasteiger partial charge is 0.490 e. The van der Waals surface area contributed by atoms with E-state index in [-0.39, 0.29) is 56.3 Å². The zero-order chi connectivity index (χ0) is 40.4. The number of aromatic amines is 1. The van der Waals surface area contributed by atoms with Crippen LogP contribution < -0.4 is 32.5 Å². The zero-order valence-electron chi connectivity index (χ0n) is 29.2. The summed E-state index contributed by atoms with van der Waals surface area (Å²) in [6, 6.07) is 0.235. The molecular formula is C28H47N6O17P3S. The van der Waals surface area contributed by atoms with Crippen molar-refractivity contribution in [1.29, 1.82) is 0 Å². The lowest BCUT2D eigenvalue weighted by Gasteiger charge is -2.19. The molecule has 55 heavy (non-hydrogen) atoms. The van der Waals surface area contributed by atoms with Gasteiger partial charge >= 0.3 is 35.2 Å². The first-order valence-corrected chi connectivity index (χ1v) is 22.7. The molecule has 0 aromatic carbocycles. The molecule has 0 spiro atoms. The minimum Gasteiger partial charge on any atom is -0.390 e. The lowest BCUT2D eigenvalue weighted by Crippen LogP contribution is -2.36. The Morgan fingerprint density at radius 1 is 0.982 bits per heavy atom. The lowest BCUT2D eigenvalue weighted by molar-refractivity contribution is -0.122. The first-order chi connectivity index (χ1) is 25.8. The minimum absolute atomic E-state index is 0. The Kier molecular flexibility index (Phi) is 16.5. The third-order valence-electron chi connectivity index (χ3n) is 8.53. The monoisotopic (exact) mass is 864 g/mol. The molecule has 4 heterocycles. The van der Waals surface area contributed by atoms with Crippen molar-refractivity contribution < 1.29 is 72.1 Å². The van der Waals surface area contributed by atoms with Crippen LogP contribution in [0.4, 0.5) is 4.79 Å². The van der Waals surface area contributed by atoms with E-state index in [4.69, 9.17) is 14.5 Å². The highest BCUT2D eigenvalue weighted by atomic mass is 32.2. The third kappa shape index (κ3) is 15.0. The molecule has 0 saturated carbocycles. The van der Waals surface area contributed by atoms with Crippen molar-refractivity contribution in [2.75, 3.05) is 25.4 Å². The maximum Gasteiger partial charge on any atom is 0.490 e. The van der Waals surface area contributed by atoms with E-state index in [9.17, 15) is 52.6 Å². The van der Waals surface area contributed by atoms with Crippen molar-refractivity contribution in [1.82, 2.24) is 30.8 Å². The van der Waals surface area contributed by atoms with Crippen LogP contribution in [0.1, 0.15) is 71.0 Å². The first kappa shape index (κ1) is 45.0. The summed E-state index contributed by atoms with van der Waals surface area (Å²) < 4.78 is 52.4. The smallest absolute Gasteiger partial charge is 0.390 e. The molecule has 312 valence electrons. The number of hydrogen-bond acceptors (Lipinski definition) is 14. The summed E-state index contributed by atoms with van der Waals surface area (Å²) in [4.78, 5) is 99.0. The number of aliphatic hydroxyl groups is 1. The van der Waals surface area contributed by atoms with Gasteiger partial charge in [-0.2, -0.15) is 20.4 Å². The third-order valence-corrected chi connectivity index (χ3v) is 13.8. The van der Waals surface area contributed by atoms with E-state index in [1.165, 1.54) is 12.2 Å². The summed E-state index contributed by atoms with van der Waals surface area (Å²) in [5, 5.41) is 22.2. The summed E-state index contributed by atoms with van der Waals surface area (Å²) in [7, 11) is -16.8. The Morgan fingerprint density at radius 2 is 1.69 bits per heavy atom. The van der Waals surface area contributed by atoms with Gasteiger partial charge < -0.3 is 50.7 Å². The van der Waals surface area contributed by atoms with Crippen molar-refractivity contribution in [3.05, 3.63) is 38.7 Å². The lowest BCUT2D eigenvalue weighted by atomic mass is 10.0. The van der Waals surface area contributed by atoms with Crippen molar-refractivity contribution in [3.63, 3.8) is 0 Å². The van der Waals surface area contributed by atoms with Gasteiger partial charge in [0.15, 0.2) is 0 Å². The Hall–Kier alpha value is -2.69. The quantitative estimate of drug-likeness (QED) is 0.0426. The van der Waals surface area contributed by atoms with Crippen LogP contribution in [0.5, 0.6) is 0 Å². The van der Waals surface area contributed by atoms with Gasteiger partial charge in [0.25, 0.3) is 5.56 Å². The number of carbonyl (C=O) groups excluding carboxylic acids is 3.